The van der Waals surface area contributed by atoms with Crippen LogP contribution in [0.4, 0.5) is 10.1 Å². The third-order valence-corrected chi connectivity index (χ3v) is 4.58. The van der Waals surface area contributed by atoms with Gasteiger partial charge in [-0.15, -0.1) is 0 Å². The highest BCUT2D eigenvalue weighted by Gasteiger charge is 2.00. The Bertz CT molecular complexity index is 685. The van der Waals surface area contributed by atoms with Crippen LogP contribution in [-0.4, -0.2) is 7.11 Å². The molecule has 5 heteroatoms. The molecule has 0 radical (unpaired) electrons. The second kappa shape index (κ2) is 12.7. The molecule has 0 amide bonds. The maximum atomic E-state index is 11.9. The first-order chi connectivity index (χ1) is 12.5. The average Bonchev–Trinajstić information content (AvgIpc) is 2.62. The van der Waals surface area contributed by atoms with Crippen molar-refractivity contribution in [1.29, 1.82) is 0 Å². The van der Waals surface area contributed by atoms with Gasteiger partial charge in [-0.25, -0.2) is 4.39 Å². The third-order valence-electron chi connectivity index (χ3n) is 3.48. The zero-order valence-corrected chi connectivity index (χ0v) is 17.4. The molecule has 0 aliphatic carbocycles. The monoisotopic (exact) mass is 395 g/mol. The SMILES string of the molecule is CCCC/C=C(\C)F.COc1ccc(NSc2ccc(Cl)cc2)cc1C. The zero-order valence-electron chi connectivity index (χ0n) is 15.8. The lowest BCUT2D eigenvalue weighted by molar-refractivity contribution is 0.412. The number of methoxy groups -OCH3 is 1. The molecule has 2 rings (SSSR count). The topological polar surface area (TPSA) is 21.3 Å². The number of ether oxygens (including phenoxy) is 1. The summed E-state index contributed by atoms with van der Waals surface area (Å²) in [6.07, 6.45) is 4.76. The molecule has 0 saturated heterocycles. The van der Waals surface area contributed by atoms with Crippen molar-refractivity contribution in [2.45, 2.75) is 44.9 Å². The second-order valence-electron chi connectivity index (χ2n) is 5.78. The molecule has 2 aromatic carbocycles. The van der Waals surface area contributed by atoms with E-state index < -0.39 is 0 Å². The summed E-state index contributed by atoms with van der Waals surface area (Å²) in [6, 6.07) is 13.7. The van der Waals surface area contributed by atoms with E-state index in [4.69, 9.17) is 16.3 Å². The fraction of sp³-hybridized carbons (Fsp3) is 0.333. The molecule has 0 bridgehead atoms. The van der Waals surface area contributed by atoms with Crippen molar-refractivity contribution < 1.29 is 9.13 Å². The van der Waals surface area contributed by atoms with Gasteiger partial charge in [-0.2, -0.15) is 0 Å². The second-order valence-corrected chi connectivity index (χ2v) is 7.09. The van der Waals surface area contributed by atoms with Gasteiger partial charge in [-0.05, 0) is 86.7 Å². The minimum atomic E-state index is -0.0570. The summed E-state index contributed by atoms with van der Waals surface area (Å²) >= 11 is 7.39. The van der Waals surface area contributed by atoms with E-state index in [0.717, 1.165) is 46.2 Å². The lowest BCUT2D eigenvalue weighted by Gasteiger charge is -2.09. The summed E-state index contributed by atoms with van der Waals surface area (Å²) in [6.45, 7) is 5.61. The lowest BCUT2D eigenvalue weighted by Crippen LogP contribution is -1.90. The van der Waals surface area contributed by atoms with Crippen LogP contribution in [0.1, 0.15) is 38.7 Å². The van der Waals surface area contributed by atoms with Crippen LogP contribution >= 0.6 is 23.5 Å². The number of aryl methyl sites for hydroxylation is 1. The molecule has 1 N–H and O–H groups in total. The summed E-state index contributed by atoms with van der Waals surface area (Å²) in [5, 5.41) is 0.750. The fourth-order valence-electron chi connectivity index (χ4n) is 2.07. The lowest BCUT2D eigenvalue weighted by atomic mass is 10.2. The van der Waals surface area contributed by atoms with Gasteiger partial charge < -0.3 is 9.46 Å². The van der Waals surface area contributed by atoms with E-state index in [9.17, 15) is 4.39 Å². The first-order valence-electron chi connectivity index (χ1n) is 8.61. The Morgan fingerprint density at radius 1 is 1.23 bits per heavy atom. The van der Waals surface area contributed by atoms with Crippen molar-refractivity contribution in [3.8, 4) is 5.75 Å². The van der Waals surface area contributed by atoms with Crippen LogP contribution in [-0.2, 0) is 0 Å². The van der Waals surface area contributed by atoms with Crippen molar-refractivity contribution >= 4 is 29.2 Å². The standard InChI is InChI=1S/C14H14ClNOS.C7H13F/c1-10-9-12(5-8-14(10)17-2)16-18-13-6-3-11(15)4-7-13;1-3-4-5-6-7(2)8/h3-9,16H,1-2H3;6H,3-5H2,1-2H3/b;7-6+. The van der Waals surface area contributed by atoms with Gasteiger partial charge in [0, 0.05) is 15.6 Å². The minimum Gasteiger partial charge on any atom is -0.496 e. The molecule has 0 atom stereocenters. The van der Waals surface area contributed by atoms with Crippen LogP contribution in [0.15, 0.2) is 59.3 Å². The minimum absolute atomic E-state index is 0.0570. The number of benzene rings is 2. The molecule has 2 nitrogen and oxygen atoms in total. The molecule has 26 heavy (non-hydrogen) atoms. The highest BCUT2D eigenvalue weighted by atomic mass is 35.5. The summed E-state index contributed by atoms with van der Waals surface area (Å²) in [4.78, 5) is 1.12. The predicted octanol–water partition coefficient (Wildman–Crippen LogP) is 7.83. The maximum absolute atomic E-state index is 11.9. The number of anilines is 1. The van der Waals surface area contributed by atoms with E-state index in [1.165, 1.54) is 6.92 Å². The van der Waals surface area contributed by atoms with Gasteiger partial charge in [0.2, 0.25) is 0 Å². The van der Waals surface area contributed by atoms with Gasteiger partial charge in [0.15, 0.2) is 0 Å². The number of halogens is 2. The highest BCUT2D eigenvalue weighted by molar-refractivity contribution is 8.00. The molecule has 0 heterocycles. The number of hydrogen-bond acceptors (Lipinski definition) is 3. The van der Waals surface area contributed by atoms with Gasteiger partial charge in [0.25, 0.3) is 0 Å². The molecule has 0 aliphatic heterocycles. The molecule has 2 aromatic rings. The van der Waals surface area contributed by atoms with Gasteiger partial charge in [-0.3, -0.25) is 0 Å². The molecule has 0 unspecified atom stereocenters. The predicted molar refractivity (Wildman–Crippen MR) is 113 cm³/mol. The Morgan fingerprint density at radius 2 is 1.92 bits per heavy atom. The van der Waals surface area contributed by atoms with Gasteiger partial charge in [0.05, 0.1) is 12.9 Å². The molecule has 0 fully saturated rings. The summed E-state index contributed by atoms with van der Waals surface area (Å²) in [5.41, 5.74) is 2.16. The molecular formula is C21H27ClFNOS. The van der Waals surface area contributed by atoms with Crippen LogP contribution in [0.25, 0.3) is 0 Å². The first kappa shape index (κ1) is 22.4. The third kappa shape index (κ3) is 9.16. The average molecular weight is 396 g/mol. The van der Waals surface area contributed by atoms with Gasteiger partial charge in [-0.1, -0.05) is 31.0 Å². The molecule has 0 aliphatic rings. The number of unbranched alkanes of at least 4 members (excludes halogenated alkanes) is 2. The molecule has 0 saturated carbocycles. The van der Waals surface area contributed by atoms with Crippen LogP contribution in [0.5, 0.6) is 5.75 Å². The Kier molecular flexibility index (Phi) is 10.9. The van der Waals surface area contributed by atoms with Crippen LogP contribution in [0.3, 0.4) is 0 Å². The fourth-order valence-corrected chi connectivity index (χ4v) is 2.83. The first-order valence-corrected chi connectivity index (χ1v) is 9.81. The van der Waals surface area contributed by atoms with Crippen LogP contribution in [0.2, 0.25) is 5.02 Å². The van der Waals surface area contributed by atoms with E-state index in [-0.39, 0.29) is 5.83 Å². The van der Waals surface area contributed by atoms with Crippen LogP contribution < -0.4 is 9.46 Å². The van der Waals surface area contributed by atoms with Crippen molar-refractivity contribution in [2.75, 3.05) is 11.8 Å². The number of rotatable bonds is 7. The zero-order chi connectivity index (χ0) is 19.4. The van der Waals surface area contributed by atoms with E-state index in [1.807, 2.05) is 43.3 Å². The Labute approximate surface area is 165 Å². The van der Waals surface area contributed by atoms with Crippen molar-refractivity contribution in [3.63, 3.8) is 0 Å². The quantitative estimate of drug-likeness (QED) is 0.381. The van der Waals surface area contributed by atoms with E-state index in [2.05, 4.69) is 17.7 Å². The van der Waals surface area contributed by atoms with Crippen molar-refractivity contribution in [1.82, 2.24) is 0 Å². The molecule has 0 aromatic heterocycles. The molecule has 0 spiro atoms. The summed E-state index contributed by atoms with van der Waals surface area (Å²) in [7, 11) is 1.68. The Hall–Kier alpha value is -1.65. The maximum Gasteiger partial charge on any atom is 0.121 e. The van der Waals surface area contributed by atoms with Gasteiger partial charge >= 0.3 is 0 Å². The van der Waals surface area contributed by atoms with Crippen molar-refractivity contribution in [3.05, 3.63) is 65.0 Å². The van der Waals surface area contributed by atoms with E-state index >= 15 is 0 Å². The number of hydrogen-bond donors (Lipinski definition) is 1. The Morgan fingerprint density at radius 3 is 2.46 bits per heavy atom. The summed E-state index contributed by atoms with van der Waals surface area (Å²) in [5.74, 6) is 0.843. The van der Waals surface area contributed by atoms with Crippen molar-refractivity contribution in [2.24, 2.45) is 0 Å². The number of allylic oxidation sites excluding steroid dienone is 2. The van der Waals surface area contributed by atoms with Gasteiger partial charge in [0.1, 0.15) is 5.75 Å². The largest absolute Gasteiger partial charge is 0.496 e. The number of nitrogens with one attached hydrogen (secondary N) is 1. The Balaban J connectivity index is 0.000000359. The molecule has 142 valence electrons. The molecular weight excluding hydrogens is 369 g/mol. The highest BCUT2D eigenvalue weighted by Crippen LogP contribution is 2.26. The van der Waals surface area contributed by atoms with E-state index in [0.29, 0.717) is 0 Å². The normalized spacial score (nSPS) is 10.8. The smallest absolute Gasteiger partial charge is 0.121 e. The van der Waals surface area contributed by atoms with Crippen LogP contribution in [0, 0.1) is 6.92 Å². The van der Waals surface area contributed by atoms with E-state index in [1.54, 1.807) is 25.1 Å². The summed E-state index contributed by atoms with van der Waals surface area (Å²) < 4.78 is 20.4.